The van der Waals surface area contributed by atoms with Crippen LogP contribution in [-0.4, -0.2) is 34.6 Å². The Balaban J connectivity index is 2.00. The van der Waals surface area contributed by atoms with E-state index >= 15 is 0 Å². The largest absolute Gasteiger partial charge is 0.384 e. The molecule has 3 nitrogen and oxygen atoms in total. The zero-order chi connectivity index (χ0) is 12.5. The normalized spacial score (nSPS) is 21.0. The standard InChI is InChI=1S/C12H19BrN2OS/c1-9(2)7-15-5-3-12(16,4-6-15)10-11(13)14-8-17-10/h8-9,16H,3-7H2,1-2H3. The van der Waals surface area contributed by atoms with Crippen molar-refractivity contribution in [3.63, 3.8) is 0 Å². The molecule has 0 atom stereocenters. The van der Waals surface area contributed by atoms with Gasteiger partial charge in [0.1, 0.15) is 10.2 Å². The number of halogens is 1. The summed E-state index contributed by atoms with van der Waals surface area (Å²) in [5.41, 5.74) is 1.12. The van der Waals surface area contributed by atoms with Crippen molar-refractivity contribution in [3.05, 3.63) is 15.0 Å². The highest BCUT2D eigenvalue weighted by atomic mass is 79.9. The number of likely N-dealkylation sites (tertiary alicyclic amines) is 1. The molecule has 1 aromatic rings. The van der Waals surface area contributed by atoms with Gasteiger partial charge in [0.25, 0.3) is 0 Å². The van der Waals surface area contributed by atoms with Gasteiger partial charge >= 0.3 is 0 Å². The zero-order valence-electron chi connectivity index (χ0n) is 10.3. The van der Waals surface area contributed by atoms with Crippen LogP contribution in [-0.2, 0) is 5.60 Å². The van der Waals surface area contributed by atoms with Crippen molar-refractivity contribution in [2.24, 2.45) is 5.92 Å². The van der Waals surface area contributed by atoms with Crippen molar-refractivity contribution in [1.29, 1.82) is 0 Å². The number of nitrogens with zero attached hydrogens (tertiary/aromatic N) is 2. The fraction of sp³-hybridized carbons (Fsp3) is 0.750. The van der Waals surface area contributed by atoms with Crippen molar-refractivity contribution in [2.75, 3.05) is 19.6 Å². The maximum Gasteiger partial charge on any atom is 0.123 e. The average molecular weight is 319 g/mol. The van der Waals surface area contributed by atoms with Crippen LogP contribution in [0.2, 0.25) is 0 Å². The van der Waals surface area contributed by atoms with Gasteiger partial charge in [0.15, 0.2) is 0 Å². The predicted octanol–water partition coefficient (Wildman–Crippen LogP) is 2.85. The van der Waals surface area contributed by atoms with E-state index in [1.54, 1.807) is 16.8 Å². The Morgan fingerprint density at radius 3 is 2.65 bits per heavy atom. The van der Waals surface area contributed by atoms with Crippen LogP contribution >= 0.6 is 27.3 Å². The lowest BCUT2D eigenvalue weighted by Gasteiger charge is -2.38. The molecule has 0 saturated carbocycles. The van der Waals surface area contributed by atoms with Crippen molar-refractivity contribution >= 4 is 27.3 Å². The highest BCUT2D eigenvalue weighted by Crippen LogP contribution is 2.39. The zero-order valence-corrected chi connectivity index (χ0v) is 12.7. The molecule has 1 aromatic heterocycles. The SMILES string of the molecule is CC(C)CN1CCC(O)(c2scnc2Br)CC1. The Labute approximate surface area is 115 Å². The van der Waals surface area contributed by atoms with Gasteiger partial charge in [-0.2, -0.15) is 0 Å². The fourth-order valence-electron chi connectivity index (χ4n) is 2.38. The summed E-state index contributed by atoms with van der Waals surface area (Å²) in [7, 11) is 0. The van der Waals surface area contributed by atoms with E-state index in [1.807, 2.05) is 0 Å². The molecule has 1 fully saturated rings. The van der Waals surface area contributed by atoms with Gasteiger partial charge in [0.05, 0.1) is 10.4 Å². The third-order valence-electron chi connectivity index (χ3n) is 3.25. The maximum atomic E-state index is 10.7. The van der Waals surface area contributed by atoms with Crippen molar-refractivity contribution in [3.8, 4) is 0 Å². The van der Waals surface area contributed by atoms with Gasteiger partial charge in [0.2, 0.25) is 0 Å². The molecule has 2 heterocycles. The molecule has 96 valence electrons. The molecule has 0 amide bonds. The quantitative estimate of drug-likeness (QED) is 0.931. The van der Waals surface area contributed by atoms with E-state index < -0.39 is 5.60 Å². The summed E-state index contributed by atoms with van der Waals surface area (Å²) in [4.78, 5) is 7.59. The second-order valence-electron chi connectivity index (χ2n) is 5.20. The summed E-state index contributed by atoms with van der Waals surface area (Å²) in [6, 6.07) is 0. The number of thiazole rings is 1. The first-order valence-electron chi connectivity index (χ1n) is 6.05. The van der Waals surface area contributed by atoms with Gasteiger partial charge in [-0.1, -0.05) is 13.8 Å². The molecule has 0 aliphatic carbocycles. The topological polar surface area (TPSA) is 36.4 Å². The number of aromatic nitrogens is 1. The van der Waals surface area contributed by atoms with Crippen LogP contribution in [0.3, 0.4) is 0 Å². The third kappa shape index (κ3) is 3.08. The lowest BCUT2D eigenvalue weighted by atomic mass is 9.90. The minimum atomic E-state index is -0.673. The maximum absolute atomic E-state index is 10.7. The summed E-state index contributed by atoms with van der Waals surface area (Å²) in [6.45, 7) is 7.54. The highest BCUT2D eigenvalue weighted by molar-refractivity contribution is 9.10. The summed E-state index contributed by atoms with van der Waals surface area (Å²) in [6.07, 6.45) is 1.61. The molecule has 1 saturated heterocycles. The molecule has 0 radical (unpaired) electrons. The average Bonchev–Trinajstić information content (AvgIpc) is 2.68. The first-order chi connectivity index (χ1) is 8.01. The van der Waals surface area contributed by atoms with E-state index in [2.05, 4.69) is 39.7 Å². The molecule has 17 heavy (non-hydrogen) atoms. The Hall–Kier alpha value is 0.0300. The number of hydrogen-bond acceptors (Lipinski definition) is 4. The molecule has 0 aromatic carbocycles. The number of piperidine rings is 1. The van der Waals surface area contributed by atoms with Crippen molar-refractivity contribution in [2.45, 2.75) is 32.3 Å². The Bertz CT molecular complexity index is 372. The van der Waals surface area contributed by atoms with Crippen LogP contribution in [0.25, 0.3) is 0 Å². The van der Waals surface area contributed by atoms with Crippen LogP contribution < -0.4 is 0 Å². The number of rotatable bonds is 3. The van der Waals surface area contributed by atoms with E-state index in [0.29, 0.717) is 5.92 Å². The van der Waals surface area contributed by atoms with Crippen LogP contribution in [0.15, 0.2) is 10.1 Å². The number of hydrogen-bond donors (Lipinski definition) is 1. The minimum absolute atomic E-state index is 0.673. The second kappa shape index (κ2) is 5.34. The van der Waals surface area contributed by atoms with Gasteiger partial charge in [-0.3, -0.25) is 0 Å². The molecule has 5 heteroatoms. The monoisotopic (exact) mass is 318 g/mol. The molecule has 1 N–H and O–H groups in total. The molecule has 1 aliphatic rings. The van der Waals surface area contributed by atoms with Gasteiger partial charge in [-0.05, 0) is 34.7 Å². The van der Waals surface area contributed by atoms with Gasteiger partial charge < -0.3 is 10.0 Å². The summed E-state index contributed by atoms with van der Waals surface area (Å²) >= 11 is 4.96. The van der Waals surface area contributed by atoms with Crippen LogP contribution in [0.4, 0.5) is 0 Å². The molecule has 0 spiro atoms. The third-order valence-corrected chi connectivity index (χ3v) is 5.14. The first-order valence-corrected chi connectivity index (χ1v) is 7.73. The smallest absolute Gasteiger partial charge is 0.123 e. The van der Waals surface area contributed by atoms with Crippen molar-refractivity contribution in [1.82, 2.24) is 9.88 Å². The van der Waals surface area contributed by atoms with E-state index in [4.69, 9.17) is 0 Å². The van der Waals surface area contributed by atoms with Crippen LogP contribution in [0.5, 0.6) is 0 Å². The molecule has 2 rings (SSSR count). The lowest BCUT2D eigenvalue weighted by molar-refractivity contribution is -0.0257. The molecule has 1 aliphatic heterocycles. The Kier molecular flexibility index (Phi) is 4.23. The lowest BCUT2D eigenvalue weighted by Crippen LogP contribution is -2.43. The first kappa shape index (κ1) is 13.5. The van der Waals surface area contributed by atoms with Crippen LogP contribution in [0, 0.1) is 5.92 Å². The Morgan fingerprint density at radius 2 is 2.18 bits per heavy atom. The van der Waals surface area contributed by atoms with Crippen LogP contribution in [0.1, 0.15) is 31.6 Å². The Morgan fingerprint density at radius 1 is 1.53 bits per heavy atom. The molecule has 0 unspecified atom stereocenters. The second-order valence-corrected chi connectivity index (χ2v) is 6.80. The summed E-state index contributed by atoms with van der Waals surface area (Å²) in [5.74, 6) is 0.691. The van der Waals surface area contributed by atoms with Gasteiger partial charge in [-0.25, -0.2) is 4.98 Å². The van der Waals surface area contributed by atoms with Gasteiger partial charge in [0, 0.05) is 19.6 Å². The predicted molar refractivity (Wildman–Crippen MR) is 74.2 cm³/mol. The summed E-state index contributed by atoms with van der Waals surface area (Å²) in [5, 5.41) is 10.7. The number of aliphatic hydroxyl groups is 1. The van der Waals surface area contributed by atoms with E-state index in [1.165, 1.54) is 0 Å². The highest BCUT2D eigenvalue weighted by Gasteiger charge is 2.36. The molecular formula is C12H19BrN2OS. The van der Waals surface area contributed by atoms with E-state index in [-0.39, 0.29) is 0 Å². The minimum Gasteiger partial charge on any atom is -0.384 e. The summed E-state index contributed by atoms with van der Waals surface area (Å²) < 4.78 is 0.808. The molecular weight excluding hydrogens is 300 g/mol. The van der Waals surface area contributed by atoms with E-state index in [0.717, 1.165) is 42.0 Å². The van der Waals surface area contributed by atoms with E-state index in [9.17, 15) is 5.11 Å². The molecule has 0 bridgehead atoms. The fourth-order valence-corrected chi connectivity index (χ4v) is 4.11. The van der Waals surface area contributed by atoms with Crippen molar-refractivity contribution < 1.29 is 5.11 Å². The van der Waals surface area contributed by atoms with Gasteiger partial charge in [-0.15, -0.1) is 11.3 Å².